The average molecular weight is 288 g/mol. The molecule has 0 bridgehead atoms. The maximum atomic E-state index is 12.3. The molecule has 0 saturated heterocycles. The van der Waals surface area contributed by atoms with E-state index in [1.54, 1.807) is 12.4 Å². The van der Waals surface area contributed by atoms with Crippen molar-refractivity contribution in [2.75, 3.05) is 5.32 Å². The summed E-state index contributed by atoms with van der Waals surface area (Å²) in [7, 11) is 0. The summed E-state index contributed by atoms with van der Waals surface area (Å²) in [5, 5.41) is 6.87. The van der Waals surface area contributed by atoms with Gasteiger partial charge in [-0.2, -0.15) is 0 Å². The van der Waals surface area contributed by atoms with Crippen molar-refractivity contribution in [1.82, 2.24) is 14.5 Å². The van der Waals surface area contributed by atoms with Crippen molar-refractivity contribution in [2.45, 2.75) is 25.7 Å². The smallest absolute Gasteiger partial charge is 0.267 e. The highest BCUT2D eigenvalue weighted by Gasteiger charge is 2.32. The number of amides is 1. The van der Waals surface area contributed by atoms with E-state index in [-0.39, 0.29) is 5.91 Å². The number of carbonyl (C=O) groups excluding carboxylic acids is 1. The zero-order chi connectivity index (χ0) is 13.7. The first-order chi connectivity index (χ1) is 9.72. The molecule has 0 atom stereocenters. The third-order valence-electron chi connectivity index (χ3n) is 3.39. The molecule has 4 rings (SSSR count). The van der Waals surface area contributed by atoms with Gasteiger partial charge in [-0.25, -0.2) is 4.98 Å². The van der Waals surface area contributed by atoms with Crippen LogP contribution in [0.2, 0.25) is 0 Å². The van der Waals surface area contributed by atoms with Crippen LogP contribution in [0.25, 0.3) is 4.96 Å². The van der Waals surface area contributed by atoms with Gasteiger partial charge in [-0.1, -0.05) is 16.5 Å². The molecular formula is C13H12N4O2S. The van der Waals surface area contributed by atoms with E-state index >= 15 is 0 Å². The second kappa shape index (κ2) is 4.17. The topological polar surface area (TPSA) is 72.4 Å². The third-order valence-corrected chi connectivity index (χ3v) is 4.40. The Hall–Kier alpha value is -2.15. The quantitative estimate of drug-likeness (QED) is 0.804. The van der Waals surface area contributed by atoms with Crippen molar-refractivity contribution in [3.63, 3.8) is 0 Å². The predicted molar refractivity (Wildman–Crippen MR) is 74.2 cm³/mol. The van der Waals surface area contributed by atoms with E-state index in [1.165, 1.54) is 11.3 Å². The van der Waals surface area contributed by atoms with Gasteiger partial charge in [0.2, 0.25) is 0 Å². The number of nitrogens with zero attached hydrogens (tertiary/aromatic N) is 3. The highest BCUT2D eigenvalue weighted by Crippen LogP contribution is 2.44. The first-order valence-corrected chi connectivity index (χ1v) is 7.24. The number of aryl methyl sites for hydroxylation is 1. The number of carbonyl (C=O) groups is 1. The SMILES string of the molecule is Cc1noc(C2CC2)c1NC(=O)c1cn2ccnc2s1. The lowest BCUT2D eigenvalue weighted by molar-refractivity contribution is 0.103. The van der Waals surface area contributed by atoms with Crippen molar-refractivity contribution < 1.29 is 9.32 Å². The van der Waals surface area contributed by atoms with Gasteiger partial charge in [0, 0.05) is 24.5 Å². The molecular weight excluding hydrogens is 276 g/mol. The molecule has 20 heavy (non-hydrogen) atoms. The lowest BCUT2D eigenvalue weighted by Crippen LogP contribution is -2.11. The van der Waals surface area contributed by atoms with Crippen LogP contribution in [-0.4, -0.2) is 20.4 Å². The van der Waals surface area contributed by atoms with Crippen LogP contribution < -0.4 is 5.32 Å². The molecule has 1 aliphatic rings. The van der Waals surface area contributed by atoms with Gasteiger partial charge in [-0.3, -0.25) is 9.20 Å². The van der Waals surface area contributed by atoms with Crippen LogP contribution >= 0.6 is 11.3 Å². The van der Waals surface area contributed by atoms with E-state index in [1.807, 2.05) is 17.5 Å². The van der Waals surface area contributed by atoms with Gasteiger partial charge in [-0.05, 0) is 19.8 Å². The summed E-state index contributed by atoms with van der Waals surface area (Å²) >= 11 is 1.36. The van der Waals surface area contributed by atoms with Gasteiger partial charge in [0.05, 0.1) is 0 Å². The van der Waals surface area contributed by atoms with Crippen molar-refractivity contribution >= 4 is 27.9 Å². The molecule has 1 aliphatic carbocycles. The highest BCUT2D eigenvalue weighted by atomic mass is 32.1. The van der Waals surface area contributed by atoms with Gasteiger partial charge in [0.25, 0.3) is 5.91 Å². The van der Waals surface area contributed by atoms with Crippen LogP contribution in [-0.2, 0) is 0 Å². The lowest BCUT2D eigenvalue weighted by Gasteiger charge is -2.02. The fourth-order valence-electron chi connectivity index (χ4n) is 2.17. The molecule has 0 radical (unpaired) electrons. The number of imidazole rings is 1. The van der Waals surface area contributed by atoms with E-state index in [9.17, 15) is 4.79 Å². The molecule has 0 aromatic carbocycles. The van der Waals surface area contributed by atoms with Gasteiger partial charge in [-0.15, -0.1) is 0 Å². The Bertz CT molecular complexity index is 768. The number of hydrogen-bond donors (Lipinski definition) is 1. The molecule has 3 aromatic heterocycles. The largest absolute Gasteiger partial charge is 0.359 e. The van der Waals surface area contributed by atoms with Gasteiger partial charge in [0.1, 0.15) is 16.3 Å². The molecule has 7 heteroatoms. The number of hydrogen-bond acceptors (Lipinski definition) is 5. The number of anilines is 1. The number of thiazole rings is 1. The van der Waals surface area contributed by atoms with Crippen molar-refractivity contribution in [3.8, 4) is 0 Å². The molecule has 6 nitrogen and oxygen atoms in total. The molecule has 3 aromatic rings. The standard InChI is InChI=1S/C13H12N4O2S/c1-7-10(11(19-16-7)8-2-3-8)15-12(18)9-6-17-5-4-14-13(17)20-9/h4-6,8H,2-3H2,1H3,(H,15,18). The maximum Gasteiger partial charge on any atom is 0.267 e. The number of nitrogens with one attached hydrogen (secondary N) is 1. The number of aromatic nitrogens is 3. The third kappa shape index (κ3) is 1.82. The van der Waals surface area contributed by atoms with E-state index < -0.39 is 0 Å². The summed E-state index contributed by atoms with van der Waals surface area (Å²) in [5.41, 5.74) is 1.45. The van der Waals surface area contributed by atoms with Gasteiger partial charge in [0.15, 0.2) is 10.7 Å². The first-order valence-electron chi connectivity index (χ1n) is 6.42. The molecule has 0 spiro atoms. The van der Waals surface area contributed by atoms with Crippen LogP contribution in [0.4, 0.5) is 5.69 Å². The van der Waals surface area contributed by atoms with Crippen LogP contribution in [0.3, 0.4) is 0 Å². The minimum atomic E-state index is -0.145. The van der Waals surface area contributed by atoms with Crippen LogP contribution in [0.15, 0.2) is 23.1 Å². The summed E-state index contributed by atoms with van der Waals surface area (Å²) in [6.45, 7) is 1.84. The summed E-state index contributed by atoms with van der Waals surface area (Å²) in [4.78, 5) is 17.9. The average Bonchev–Trinajstić information content (AvgIpc) is 2.87. The Balaban J connectivity index is 1.63. The molecule has 102 valence electrons. The van der Waals surface area contributed by atoms with Crippen molar-refractivity contribution in [1.29, 1.82) is 0 Å². The minimum Gasteiger partial charge on any atom is -0.359 e. The molecule has 1 fully saturated rings. The van der Waals surface area contributed by atoms with Crippen LogP contribution in [0.1, 0.15) is 39.9 Å². The van der Waals surface area contributed by atoms with Crippen molar-refractivity contribution in [2.24, 2.45) is 0 Å². The lowest BCUT2D eigenvalue weighted by atomic mass is 10.2. The van der Waals surface area contributed by atoms with E-state index in [0.717, 1.165) is 34.9 Å². The minimum absolute atomic E-state index is 0.145. The maximum absolute atomic E-state index is 12.3. The molecule has 0 unspecified atom stereocenters. The monoisotopic (exact) mass is 288 g/mol. The van der Waals surface area contributed by atoms with E-state index in [2.05, 4.69) is 15.5 Å². The fourth-order valence-corrected chi connectivity index (χ4v) is 3.01. The number of rotatable bonds is 3. The Kier molecular flexibility index (Phi) is 2.43. The second-order valence-electron chi connectivity index (χ2n) is 4.95. The second-order valence-corrected chi connectivity index (χ2v) is 5.96. The zero-order valence-corrected chi connectivity index (χ0v) is 11.6. The van der Waals surface area contributed by atoms with Gasteiger partial charge >= 0.3 is 0 Å². The van der Waals surface area contributed by atoms with Gasteiger partial charge < -0.3 is 9.84 Å². The van der Waals surface area contributed by atoms with Crippen molar-refractivity contribution in [3.05, 3.63) is 34.9 Å². The molecule has 1 amide bonds. The number of fused-ring (bicyclic) bond motifs is 1. The molecule has 1 saturated carbocycles. The highest BCUT2D eigenvalue weighted by molar-refractivity contribution is 7.18. The molecule has 0 aliphatic heterocycles. The van der Waals surface area contributed by atoms with Crippen LogP contribution in [0.5, 0.6) is 0 Å². The summed E-state index contributed by atoms with van der Waals surface area (Å²) < 4.78 is 7.16. The molecule has 3 heterocycles. The zero-order valence-electron chi connectivity index (χ0n) is 10.8. The van der Waals surface area contributed by atoms with E-state index in [4.69, 9.17) is 4.52 Å². The summed E-state index contributed by atoms with van der Waals surface area (Å²) in [6.07, 6.45) is 7.52. The molecule has 1 N–H and O–H groups in total. The van der Waals surface area contributed by atoms with Crippen LogP contribution in [0, 0.1) is 6.92 Å². The Morgan fingerprint density at radius 1 is 1.55 bits per heavy atom. The first kappa shape index (κ1) is 11.7. The Morgan fingerprint density at radius 2 is 2.40 bits per heavy atom. The fraction of sp³-hybridized carbons (Fsp3) is 0.308. The summed E-state index contributed by atoms with van der Waals surface area (Å²) in [5.74, 6) is 1.07. The normalized spacial score (nSPS) is 14.8. The Labute approximate surface area is 118 Å². The van der Waals surface area contributed by atoms with E-state index in [0.29, 0.717) is 10.8 Å². The predicted octanol–water partition coefficient (Wildman–Crippen LogP) is 2.82. The summed E-state index contributed by atoms with van der Waals surface area (Å²) in [6, 6.07) is 0. The Morgan fingerprint density at radius 3 is 3.15 bits per heavy atom.